The number of hydrogen-bond donors (Lipinski definition) is 1. The number of halogens is 3. The van der Waals surface area contributed by atoms with Crippen molar-refractivity contribution in [2.24, 2.45) is 0 Å². The zero-order chi connectivity index (χ0) is 27.8. The molecule has 1 aliphatic rings. The summed E-state index contributed by atoms with van der Waals surface area (Å²) in [5, 5.41) is 2.75. The number of carbonyl (C=O) groups is 2. The van der Waals surface area contributed by atoms with Crippen LogP contribution >= 0.6 is 34.8 Å². The number of nitrogens with one attached hydrogen (secondary N) is 1. The van der Waals surface area contributed by atoms with Gasteiger partial charge in [-0.05, 0) is 96.4 Å². The molecule has 5 aromatic rings. The summed E-state index contributed by atoms with van der Waals surface area (Å²) in [7, 11) is 0. The molecule has 9 heteroatoms. The van der Waals surface area contributed by atoms with Crippen molar-refractivity contribution >= 4 is 57.8 Å². The molecule has 0 saturated carbocycles. The zero-order valence-corrected chi connectivity index (χ0v) is 23.1. The van der Waals surface area contributed by atoms with Crippen LogP contribution in [0.15, 0.2) is 91.0 Å². The van der Waals surface area contributed by atoms with Crippen molar-refractivity contribution in [3.05, 3.63) is 128 Å². The van der Waals surface area contributed by atoms with Crippen LogP contribution in [0.2, 0.25) is 15.1 Å². The van der Waals surface area contributed by atoms with Crippen LogP contribution in [-0.4, -0.2) is 28.5 Å². The van der Waals surface area contributed by atoms with Gasteiger partial charge < -0.3 is 14.5 Å². The van der Waals surface area contributed by atoms with Crippen molar-refractivity contribution in [3.63, 3.8) is 0 Å². The van der Waals surface area contributed by atoms with Crippen LogP contribution in [-0.2, 0) is 6.42 Å². The lowest BCUT2D eigenvalue weighted by molar-refractivity contribution is 0.0734. The molecule has 1 N–H and O–H groups in total. The van der Waals surface area contributed by atoms with E-state index in [-0.39, 0.29) is 0 Å². The molecule has 0 aliphatic carbocycles. The number of nitrogens with zero attached hydrogens (tertiary/aromatic N) is 1. The van der Waals surface area contributed by atoms with Gasteiger partial charge in [-0.2, -0.15) is 0 Å². The van der Waals surface area contributed by atoms with Crippen molar-refractivity contribution in [1.29, 1.82) is 0 Å². The van der Waals surface area contributed by atoms with Gasteiger partial charge in [-0.1, -0.05) is 46.9 Å². The number of carbonyl (C=O) groups excluding carboxylic acids is 2. The minimum atomic E-state index is -0.502. The molecule has 2 heterocycles. The zero-order valence-electron chi connectivity index (χ0n) is 20.9. The molecular weight excluding hydrogens is 571 g/mol. The van der Waals surface area contributed by atoms with Crippen molar-refractivity contribution in [3.8, 4) is 11.5 Å². The second-order valence-corrected chi connectivity index (χ2v) is 10.6. The van der Waals surface area contributed by atoms with Gasteiger partial charge in [-0.15, -0.1) is 0 Å². The molecule has 0 fully saturated rings. The van der Waals surface area contributed by atoms with Crippen molar-refractivity contribution < 1.29 is 19.1 Å². The summed E-state index contributed by atoms with van der Waals surface area (Å²) in [6, 6.07) is 25.4. The first-order chi connectivity index (χ1) is 19.4. The molecule has 1 aromatic heterocycles. The summed E-state index contributed by atoms with van der Waals surface area (Å²) in [5.41, 5.74) is 4.05. The van der Waals surface area contributed by atoms with E-state index in [1.165, 1.54) is 0 Å². The number of ether oxygens (including phenoxy) is 2. The molecule has 0 radical (unpaired) electrons. The minimum Gasteiger partial charge on any atom is -0.423 e. The maximum Gasteiger partial charge on any atom is 0.416 e. The molecule has 0 saturated heterocycles. The predicted molar refractivity (Wildman–Crippen MR) is 156 cm³/mol. The van der Waals surface area contributed by atoms with Crippen molar-refractivity contribution in [2.75, 3.05) is 6.54 Å². The molecule has 1 atom stereocenters. The Labute approximate surface area is 245 Å². The maximum absolute atomic E-state index is 13.5. The van der Waals surface area contributed by atoms with Crippen molar-refractivity contribution in [2.45, 2.75) is 12.5 Å². The Kier molecular flexibility index (Phi) is 7.15. The van der Waals surface area contributed by atoms with Crippen LogP contribution in [0.4, 0.5) is 4.79 Å². The molecule has 6 rings (SSSR count). The number of hydrogen-bond acceptors (Lipinski definition) is 4. The largest absolute Gasteiger partial charge is 0.423 e. The Bertz CT molecular complexity index is 1720. The van der Waals surface area contributed by atoms with Gasteiger partial charge in [-0.3, -0.25) is 4.90 Å². The number of benzene rings is 4. The van der Waals surface area contributed by atoms with E-state index in [4.69, 9.17) is 44.3 Å². The number of amides is 1. The van der Waals surface area contributed by atoms with E-state index in [2.05, 4.69) is 4.98 Å². The fourth-order valence-electron chi connectivity index (χ4n) is 4.94. The highest BCUT2D eigenvalue weighted by molar-refractivity contribution is 6.31. The number of esters is 1. The Morgan fingerprint density at radius 2 is 1.35 bits per heavy atom. The van der Waals surface area contributed by atoms with E-state index in [0.717, 1.165) is 27.7 Å². The molecule has 1 amide bonds. The van der Waals surface area contributed by atoms with Crippen LogP contribution in [0.25, 0.3) is 10.9 Å². The van der Waals surface area contributed by atoms with E-state index < -0.39 is 18.1 Å². The number of fused-ring (bicyclic) bond motifs is 3. The second-order valence-electron chi connectivity index (χ2n) is 9.34. The first kappa shape index (κ1) is 26.3. The van der Waals surface area contributed by atoms with Crippen molar-refractivity contribution in [1.82, 2.24) is 9.88 Å². The standard InChI is InChI=1S/C31H21Cl3N2O4/c32-20-5-10-23(11-6-20)39-30(37)19-3-1-18(2-4-19)29-28-25(26-17-22(34)9-14-27(26)35-28)15-16-36(29)31(38)40-24-12-7-21(33)8-13-24/h1-14,17,29,35H,15-16H2. The van der Waals surface area contributed by atoms with Crippen LogP contribution in [0.3, 0.4) is 0 Å². The third-order valence-electron chi connectivity index (χ3n) is 6.83. The number of rotatable bonds is 4. The quantitative estimate of drug-likeness (QED) is 0.168. The number of H-pyrrole nitrogens is 1. The van der Waals surface area contributed by atoms with Crippen LogP contribution in [0.5, 0.6) is 11.5 Å². The van der Waals surface area contributed by atoms with Gasteiger partial charge in [0, 0.05) is 38.2 Å². The summed E-state index contributed by atoms with van der Waals surface area (Å²) in [6.07, 6.45) is 0.119. The fourth-order valence-corrected chi connectivity index (χ4v) is 5.36. The summed E-state index contributed by atoms with van der Waals surface area (Å²) in [4.78, 5) is 31.4. The van der Waals surface area contributed by atoms with E-state index in [0.29, 0.717) is 45.1 Å². The lowest BCUT2D eigenvalue weighted by Gasteiger charge is -2.35. The number of aromatic amines is 1. The number of aromatic nitrogens is 1. The first-order valence-electron chi connectivity index (χ1n) is 12.5. The molecule has 4 aromatic carbocycles. The molecule has 1 aliphatic heterocycles. The van der Waals surface area contributed by atoms with Gasteiger partial charge in [0.15, 0.2) is 0 Å². The normalized spacial score (nSPS) is 14.6. The Morgan fingerprint density at radius 3 is 2.00 bits per heavy atom. The Morgan fingerprint density at radius 1 is 0.750 bits per heavy atom. The van der Waals surface area contributed by atoms with Crippen LogP contribution < -0.4 is 9.47 Å². The average Bonchev–Trinajstić information content (AvgIpc) is 3.33. The van der Waals surface area contributed by atoms with Gasteiger partial charge in [0.1, 0.15) is 17.5 Å². The topological polar surface area (TPSA) is 71.6 Å². The molecular formula is C31H21Cl3N2O4. The summed E-state index contributed by atoms with van der Waals surface area (Å²) < 4.78 is 11.2. The monoisotopic (exact) mass is 590 g/mol. The molecule has 0 bridgehead atoms. The van der Waals surface area contributed by atoms with Gasteiger partial charge >= 0.3 is 12.1 Å². The predicted octanol–water partition coefficient (Wildman–Crippen LogP) is 8.49. The summed E-state index contributed by atoms with van der Waals surface area (Å²) in [5.74, 6) is 0.281. The SMILES string of the molecule is O=C(Oc1ccc(Cl)cc1)c1ccc(C2c3[nH]c4ccc(Cl)cc4c3CCN2C(=O)Oc2ccc(Cl)cc2)cc1. The smallest absolute Gasteiger partial charge is 0.416 e. The van der Waals surface area contributed by atoms with Crippen LogP contribution in [0, 0.1) is 0 Å². The van der Waals surface area contributed by atoms with Gasteiger partial charge in [0.2, 0.25) is 0 Å². The summed E-state index contributed by atoms with van der Waals surface area (Å²) in [6.45, 7) is 0.421. The second kappa shape index (κ2) is 10.9. The third-order valence-corrected chi connectivity index (χ3v) is 7.57. The minimum absolute atomic E-state index is 0.369. The molecule has 1 unspecified atom stereocenters. The van der Waals surface area contributed by atoms with E-state index in [9.17, 15) is 9.59 Å². The van der Waals surface area contributed by atoms with E-state index >= 15 is 0 Å². The van der Waals surface area contributed by atoms with E-state index in [1.807, 2.05) is 30.3 Å². The summed E-state index contributed by atoms with van der Waals surface area (Å²) >= 11 is 18.2. The van der Waals surface area contributed by atoms with Gasteiger partial charge in [0.25, 0.3) is 0 Å². The Balaban J connectivity index is 1.34. The van der Waals surface area contributed by atoms with E-state index in [1.54, 1.807) is 65.6 Å². The lowest BCUT2D eigenvalue weighted by Crippen LogP contribution is -2.42. The third kappa shape index (κ3) is 5.26. The molecule has 0 spiro atoms. The average molecular weight is 592 g/mol. The molecule has 40 heavy (non-hydrogen) atoms. The first-order valence-corrected chi connectivity index (χ1v) is 13.6. The highest BCUT2D eigenvalue weighted by Gasteiger charge is 2.36. The molecule has 200 valence electrons. The molecule has 6 nitrogen and oxygen atoms in total. The fraction of sp³-hybridized carbons (Fsp3) is 0.0968. The lowest BCUT2D eigenvalue weighted by atomic mass is 9.92. The maximum atomic E-state index is 13.5. The Hall–Kier alpha value is -3.97. The highest BCUT2D eigenvalue weighted by atomic mass is 35.5. The highest BCUT2D eigenvalue weighted by Crippen LogP contribution is 2.39. The van der Waals surface area contributed by atoms with Crippen LogP contribution in [0.1, 0.15) is 33.2 Å². The van der Waals surface area contributed by atoms with Gasteiger partial charge in [0.05, 0.1) is 5.56 Å². The van der Waals surface area contributed by atoms with Gasteiger partial charge in [-0.25, -0.2) is 9.59 Å².